The number of halogens is 1. The topological polar surface area (TPSA) is 12.0 Å². The molecule has 0 radical (unpaired) electrons. The highest BCUT2D eigenvalue weighted by Gasteiger charge is 2.17. The van der Waals surface area contributed by atoms with E-state index in [-0.39, 0.29) is 5.54 Å². The molecule has 0 fully saturated rings. The molecule has 0 unspecified atom stereocenters. The minimum absolute atomic E-state index is 0.153. The van der Waals surface area contributed by atoms with Crippen LogP contribution in [0.5, 0.6) is 0 Å². The van der Waals surface area contributed by atoms with E-state index in [1.54, 1.807) is 0 Å². The fraction of sp³-hybridized carbons (Fsp3) is 0.412. The maximum Gasteiger partial charge on any atom is 0.0314 e. The van der Waals surface area contributed by atoms with Gasteiger partial charge in [-0.3, -0.25) is 0 Å². The zero-order valence-corrected chi connectivity index (χ0v) is 14.8. The van der Waals surface area contributed by atoms with Crippen molar-refractivity contribution >= 4 is 27.3 Å². The minimum Gasteiger partial charge on any atom is -0.307 e. The molecule has 0 spiro atoms. The Morgan fingerprint density at radius 1 is 1.20 bits per heavy atom. The van der Waals surface area contributed by atoms with Gasteiger partial charge in [-0.2, -0.15) is 0 Å². The van der Waals surface area contributed by atoms with Gasteiger partial charge in [0.1, 0.15) is 0 Å². The van der Waals surface area contributed by atoms with Gasteiger partial charge in [-0.1, -0.05) is 30.3 Å². The number of rotatable bonds is 6. The summed E-state index contributed by atoms with van der Waals surface area (Å²) in [6.07, 6.45) is 2.26. The van der Waals surface area contributed by atoms with Crippen LogP contribution < -0.4 is 5.32 Å². The Hall–Kier alpha value is -0.640. The van der Waals surface area contributed by atoms with Gasteiger partial charge in [-0.05, 0) is 61.2 Å². The average molecular weight is 352 g/mol. The molecule has 1 aromatic carbocycles. The fourth-order valence-corrected chi connectivity index (χ4v) is 3.66. The quantitative estimate of drug-likeness (QED) is 0.742. The molecule has 0 bridgehead atoms. The first-order chi connectivity index (χ1) is 9.46. The first-order valence-corrected chi connectivity index (χ1v) is 8.61. The van der Waals surface area contributed by atoms with Gasteiger partial charge in [0, 0.05) is 26.3 Å². The van der Waals surface area contributed by atoms with Crippen molar-refractivity contribution in [2.24, 2.45) is 0 Å². The Morgan fingerprint density at radius 3 is 2.50 bits per heavy atom. The van der Waals surface area contributed by atoms with E-state index in [1.165, 1.54) is 19.8 Å². The third kappa shape index (κ3) is 4.72. The van der Waals surface area contributed by atoms with Crippen LogP contribution in [0.4, 0.5) is 0 Å². The van der Waals surface area contributed by atoms with Crippen LogP contribution in [-0.4, -0.2) is 5.54 Å². The van der Waals surface area contributed by atoms with Crippen LogP contribution in [-0.2, 0) is 13.0 Å². The fourth-order valence-electron chi connectivity index (χ4n) is 2.12. The third-order valence-corrected chi connectivity index (χ3v) is 5.67. The van der Waals surface area contributed by atoms with E-state index in [2.05, 4.69) is 78.4 Å². The lowest BCUT2D eigenvalue weighted by atomic mass is 9.95. The molecule has 3 heteroatoms. The highest BCUT2D eigenvalue weighted by Crippen LogP contribution is 2.26. The van der Waals surface area contributed by atoms with Gasteiger partial charge in [-0.25, -0.2) is 0 Å². The van der Waals surface area contributed by atoms with E-state index in [4.69, 9.17) is 0 Å². The maximum absolute atomic E-state index is 3.68. The normalized spacial score (nSPS) is 11.8. The summed E-state index contributed by atoms with van der Waals surface area (Å²) in [5, 5.41) is 3.68. The molecule has 2 rings (SSSR count). The summed E-state index contributed by atoms with van der Waals surface area (Å²) in [6.45, 7) is 7.66. The van der Waals surface area contributed by atoms with E-state index in [1.807, 2.05) is 11.3 Å². The SMILES string of the molecule is Cc1sc(CNC(C)(C)CCc2ccccc2)cc1Br. The monoisotopic (exact) mass is 351 g/mol. The molecular formula is C17H22BrNS. The van der Waals surface area contributed by atoms with E-state index >= 15 is 0 Å². The zero-order valence-electron chi connectivity index (χ0n) is 12.4. The highest BCUT2D eigenvalue weighted by molar-refractivity contribution is 9.10. The standard InChI is InChI=1S/C17H22BrNS/c1-13-16(18)11-15(20-13)12-19-17(2,3)10-9-14-7-5-4-6-8-14/h4-8,11,19H,9-10,12H2,1-3H3. The van der Waals surface area contributed by atoms with E-state index in [0.29, 0.717) is 0 Å². The summed E-state index contributed by atoms with van der Waals surface area (Å²) in [4.78, 5) is 2.74. The van der Waals surface area contributed by atoms with Crippen LogP contribution in [0.2, 0.25) is 0 Å². The first kappa shape index (κ1) is 15.7. The summed E-state index contributed by atoms with van der Waals surface area (Å²) in [7, 11) is 0. The van der Waals surface area contributed by atoms with Crippen molar-refractivity contribution in [3.63, 3.8) is 0 Å². The van der Waals surface area contributed by atoms with E-state index < -0.39 is 0 Å². The molecule has 1 nitrogen and oxygen atoms in total. The Morgan fingerprint density at radius 2 is 1.90 bits per heavy atom. The summed E-state index contributed by atoms with van der Waals surface area (Å²) < 4.78 is 1.22. The molecule has 0 atom stereocenters. The lowest BCUT2D eigenvalue weighted by molar-refractivity contribution is 0.362. The molecule has 20 heavy (non-hydrogen) atoms. The van der Waals surface area contributed by atoms with Crippen molar-refractivity contribution in [2.45, 2.75) is 45.7 Å². The number of hydrogen-bond donors (Lipinski definition) is 1. The van der Waals surface area contributed by atoms with E-state index in [0.717, 1.165) is 19.4 Å². The van der Waals surface area contributed by atoms with Gasteiger partial charge in [0.05, 0.1) is 0 Å². The summed E-state index contributed by atoms with van der Waals surface area (Å²) >= 11 is 5.44. The predicted octanol–water partition coefficient (Wildman–Crippen LogP) is 5.32. The van der Waals surface area contributed by atoms with Crippen molar-refractivity contribution in [1.82, 2.24) is 5.32 Å². The molecule has 1 heterocycles. The lowest BCUT2D eigenvalue weighted by Crippen LogP contribution is -2.38. The molecule has 0 aliphatic rings. The second-order valence-corrected chi connectivity index (χ2v) is 8.04. The van der Waals surface area contributed by atoms with Crippen molar-refractivity contribution < 1.29 is 0 Å². The Kier molecular flexibility index (Phi) is 5.42. The second kappa shape index (κ2) is 6.88. The average Bonchev–Trinajstić information content (AvgIpc) is 2.75. The summed E-state index contributed by atoms with van der Waals surface area (Å²) in [5.74, 6) is 0. The van der Waals surface area contributed by atoms with Crippen LogP contribution in [0.15, 0.2) is 40.9 Å². The van der Waals surface area contributed by atoms with Gasteiger partial charge < -0.3 is 5.32 Å². The highest BCUT2D eigenvalue weighted by atomic mass is 79.9. The van der Waals surface area contributed by atoms with Crippen LogP contribution in [0.1, 0.15) is 35.6 Å². The van der Waals surface area contributed by atoms with Crippen LogP contribution >= 0.6 is 27.3 Å². The molecule has 0 saturated carbocycles. The van der Waals surface area contributed by atoms with Crippen molar-refractivity contribution in [1.29, 1.82) is 0 Å². The van der Waals surface area contributed by atoms with Crippen LogP contribution in [0, 0.1) is 6.92 Å². The summed E-state index contributed by atoms with van der Waals surface area (Å²) in [5.41, 5.74) is 1.57. The van der Waals surface area contributed by atoms with Crippen molar-refractivity contribution in [3.8, 4) is 0 Å². The van der Waals surface area contributed by atoms with Crippen molar-refractivity contribution in [2.75, 3.05) is 0 Å². The smallest absolute Gasteiger partial charge is 0.0314 e. The molecule has 0 aliphatic heterocycles. The van der Waals surface area contributed by atoms with Crippen LogP contribution in [0.3, 0.4) is 0 Å². The Labute approximate surface area is 134 Å². The third-order valence-electron chi connectivity index (χ3n) is 3.53. The number of aryl methyl sites for hydroxylation is 2. The molecule has 2 aromatic rings. The number of nitrogens with one attached hydrogen (secondary N) is 1. The Bertz CT molecular complexity index is 526. The number of benzene rings is 1. The maximum atomic E-state index is 3.68. The molecule has 1 aromatic heterocycles. The molecule has 0 saturated heterocycles. The van der Waals surface area contributed by atoms with Gasteiger partial charge >= 0.3 is 0 Å². The van der Waals surface area contributed by atoms with E-state index in [9.17, 15) is 0 Å². The molecule has 1 N–H and O–H groups in total. The van der Waals surface area contributed by atoms with Crippen LogP contribution in [0.25, 0.3) is 0 Å². The van der Waals surface area contributed by atoms with Gasteiger partial charge in [0.2, 0.25) is 0 Å². The predicted molar refractivity (Wildman–Crippen MR) is 92.4 cm³/mol. The second-order valence-electron chi connectivity index (χ2n) is 5.84. The lowest BCUT2D eigenvalue weighted by Gasteiger charge is -2.26. The van der Waals surface area contributed by atoms with Gasteiger partial charge in [0.25, 0.3) is 0 Å². The molecule has 0 aliphatic carbocycles. The Balaban J connectivity index is 1.84. The molecular weight excluding hydrogens is 330 g/mol. The summed E-state index contributed by atoms with van der Waals surface area (Å²) in [6, 6.07) is 12.9. The van der Waals surface area contributed by atoms with Gasteiger partial charge in [0.15, 0.2) is 0 Å². The minimum atomic E-state index is 0.153. The number of thiophene rings is 1. The first-order valence-electron chi connectivity index (χ1n) is 7.00. The molecule has 108 valence electrons. The number of hydrogen-bond acceptors (Lipinski definition) is 2. The largest absolute Gasteiger partial charge is 0.307 e. The van der Waals surface area contributed by atoms with Crippen molar-refractivity contribution in [3.05, 3.63) is 56.2 Å². The van der Waals surface area contributed by atoms with Gasteiger partial charge in [-0.15, -0.1) is 11.3 Å². The molecule has 0 amide bonds. The zero-order chi connectivity index (χ0) is 14.6.